The third-order valence-electron chi connectivity index (χ3n) is 3.91. The van der Waals surface area contributed by atoms with Crippen molar-refractivity contribution in [3.8, 4) is 11.5 Å². The number of ether oxygens (including phenoxy) is 2. The second-order valence-corrected chi connectivity index (χ2v) is 5.93. The molecular formula is C22H22N2O3. The van der Waals surface area contributed by atoms with E-state index in [9.17, 15) is 4.79 Å². The van der Waals surface area contributed by atoms with Crippen LogP contribution in [0.2, 0.25) is 0 Å². The summed E-state index contributed by atoms with van der Waals surface area (Å²) in [5.74, 6) is 1.35. The van der Waals surface area contributed by atoms with Gasteiger partial charge < -0.3 is 20.1 Å². The van der Waals surface area contributed by atoms with Crippen molar-refractivity contribution in [2.75, 3.05) is 24.3 Å². The Morgan fingerprint density at radius 3 is 2.37 bits per heavy atom. The number of benzene rings is 3. The molecule has 5 nitrogen and oxygen atoms in total. The Hall–Kier alpha value is -3.47. The normalized spacial score (nSPS) is 10.1. The van der Waals surface area contributed by atoms with Crippen molar-refractivity contribution in [3.63, 3.8) is 0 Å². The highest BCUT2D eigenvalue weighted by molar-refractivity contribution is 5.93. The molecule has 0 aliphatic heterocycles. The van der Waals surface area contributed by atoms with Crippen molar-refractivity contribution in [3.05, 3.63) is 84.4 Å². The van der Waals surface area contributed by atoms with E-state index in [0.717, 1.165) is 17.0 Å². The van der Waals surface area contributed by atoms with Crippen LogP contribution in [-0.4, -0.2) is 19.6 Å². The second kappa shape index (κ2) is 9.29. The molecule has 0 saturated carbocycles. The van der Waals surface area contributed by atoms with Crippen LogP contribution in [0.1, 0.15) is 5.56 Å². The van der Waals surface area contributed by atoms with Gasteiger partial charge in [0.05, 0.1) is 13.7 Å². The van der Waals surface area contributed by atoms with Crippen molar-refractivity contribution in [2.45, 2.75) is 6.61 Å². The van der Waals surface area contributed by atoms with E-state index in [1.54, 1.807) is 13.2 Å². The lowest BCUT2D eigenvalue weighted by Gasteiger charge is -2.10. The van der Waals surface area contributed by atoms with Crippen molar-refractivity contribution >= 4 is 17.3 Å². The highest BCUT2D eigenvalue weighted by Crippen LogP contribution is 2.18. The van der Waals surface area contributed by atoms with E-state index in [4.69, 9.17) is 9.47 Å². The third-order valence-corrected chi connectivity index (χ3v) is 3.91. The van der Waals surface area contributed by atoms with Gasteiger partial charge in [0.25, 0.3) is 0 Å². The maximum absolute atomic E-state index is 12.1. The van der Waals surface area contributed by atoms with Crippen LogP contribution in [-0.2, 0) is 11.4 Å². The van der Waals surface area contributed by atoms with Crippen LogP contribution in [0.25, 0.3) is 0 Å². The molecule has 0 aliphatic carbocycles. The molecule has 0 heterocycles. The van der Waals surface area contributed by atoms with Gasteiger partial charge in [-0.25, -0.2) is 0 Å². The largest absolute Gasteiger partial charge is 0.497 e. The van der Waals surface area contributed by atoms with Crippen LogP contribution in [0.15, 0.2) is 78.9 Å². The Labute approximate surface area is 158 Å². The standard InChI is InChI=1S/C22H22N2O3/c1-26-21-9-5-8-19(14-21)24-22(25)15-23-18-10-12-20(13-11-18)27-16-17-6-3-2-4-7-17/h2-14,23H,15-16H2,1H3,(H,24,25). The number of hydrogen-bond acceptors (Lipinski definition) is 4. The SMILES string of the molecule is COc1cccc(NC(=O)CNc2ccc(OCc3ccccc3)cc2)c1. The number of anilines is 2. The molecule has 0 fully saturated rings. The van der Waals surface area contributed by atoms with Gasteiger partial charge in [0.15, 0.2) is 0 Å². The highest BCUT2D eigenvalue weighted by Gasteiger charge is 2.04. The summed E-state index contributed by atoms with van der Waals surface area (Å²) in [7, 11) is 1.59. The van der Waals surface area contributed by atoms with E-state index in [0.29, 0.717) is 18.0 Å². The van der Waals surface area contributed by atoms with Crippen LogP contribution in [0.4, 0.5) is 11.4 Å². The zero-order chi connectivity index (χ0) is 18.9. The Bertz CT molecular complexity index is 864. The highest BCUT2D eigenvalue weighted by atomic mass is 16.5. The van der Waals surface area contributed by atoms with E-state index in [2.05, 4.69) is 10.6 Å². The van der Waals surface area contributed by atoms with E-state index in [-0.39, 0.29) is 12.5 Å². The van der Waals surface area contributed by atoms with Crippen molar-refractivity contribution in [2.24, 2.45) is 0 Å². The van der Waals surface area contributed by atoms with Crippen molar-refractivity contribution in [1.29, 1.82) is 0 Å². The molecule has 0 spiro atoms. The van der Waals surface area contributed by atoms with Gasteiger partial charge >= 0.3 is 0 Å². The van der Waals surface area contributed by atoms with Gasteiger partial charge in [-0.1, -0.05) is 36.4 Å². The zero-order valence-electron chi connectivity index (χ0n) is 15.1. The number of rotatable bonds is 8. The summed E-state index contributed by atoms with van der Waals surface area (Å²) in [4.78, 5) is 12.1. The summed E-state index contributed by atoms with van der Waals surface area (Å²) in [6.07, 6.45) is 0. The summed E-state index contributed by atoms with van der Waals surface area (Å²) >= 11 is 0. The quantitative estimate of drug-likeness (QED) is 0.626. The van der Waals surface area contributed by atoms with Gasteiger partial charge in [-0.2, -0.15) is 0 Å². The smallest absolute Gasteiger partial charge is 0.243 e. The summed E-state index contributed by atoms with van der Waals surface area (Å²) in [6, 6.07) is 24.8. The number of nitrogens with one attached hydrogen (secondary N) is 2. The Morgan fingerprint density at radius 2 is 1.63 bits per heavy atom. The van der Waals surface area contributed by atoms with E-state index in [1.165, 1.54) is 0 Å². The van der Waals surface area contributed by atoms with E-state index < -0.39 is 0 Å². The molecular weight excluding hydrogens is 340 g/mol. The molecule has 27 heavy (non-hydrogen) atoms. The Morgan fingerprint density at radius 1 is 0.852 bits per heavy atom. The lowest BCUT2D eigenvalue weighted by Crippen LogP contribution is -2.21. The average molecular weight is 362 g/mol. The third kappa shape index (κ3) is 5.78. The number of hydrogen-bond donors (Lipinski definition) is 2. The maximum atomic E-state index is 12.1. The van der Waals surface area contributed by atoms with Gasteiger partial charge in [-0.3, -0.25) is 4.79 Å². The first-order valence-corrected chi connectivity index (χ1v) is 8.67. The minimum absolute atomic E-state index is 0.132. The fourth-order valence-electron chi connectivity index (χ4n) is 2.50. The minimum atomic E-state index is -0.132. The summed E-state index contributed by atoms with van der Waals surface area (Å²) in [5, 5.41) is 5.93. The van der Waals surface area contributed by atoms with Crippen molar-refractivity contribution in [1.82, 2.24) is 0 Å². The zero-order valence-corrected chi connectivity index (χ0v) is 15.1. The second-order valence-electron chi connectivity index (χ2n) is 5.93. The molecule has 2 N–H and O–H groups in total. The molecule has 0 aromatic heterocycles. The molecule has 0 bridgehead atoms. The van der Waals surface area contributed by atoms with Crippen LogP contribution < -0.4 is 20.1 Å². The topological polar surface area (TPSA) is 59.6 Å². The number of carbonyl (C=O) groups excluding carboxylic acids is 1. The summed E-state index contributed by atoms with van der Waals surface area (Å²) in [6.45, 7) is 0.692. The van der Waals surface area contributed by atoms with Gasteiger partial charge in [-0.05, 0) is 42.0 Å². The fraction of sp³-hybridized carbons (Fsp3) is 0.136. The molecule has 3 aromatic carbocycles. The average Bonchev–Trinajstić information content (AvgIpc) is 2.72. The fourth-order valence-corrected chi connectivity index (χ4v) is 2.50. The molecule has 0 atom stereocenters. The van der Waals surface area contributed by atoms with Crippen LogP contribution in [0.3, 0.4) is 0 Å². The Kier molecular flexibility index (Phi) is 6.30. The molecule has 0 unspecified atom stereocenters. The first kappa shape index (κ1) is 18.3. The predicted octanol–water partition coefficient (Wildman–Crippen LogP) is 4.32. The van der Waals surface area contributed by atoms with Gasteiger partial charge in [0.1, 0.15) is 18.1 Å². The van der Waals surface area contributed by atoms with Gasteiger partial charge in [0, 0.05) is 17.4 Å². The van der Waals surface area contributed by atoms with E-state index in [1.807, 2.05) is 72.8 Å². The number of methoxy groups -OCH3 is 1. The molecule has 5 heteroatoms. The van der Waals surface area contributed by atoms with Gasteiger partial charge in [0.2, 0.25) is 5.91 Å². The molecule has 0 radical (unpaired) electrons. The molecule has 138 valence electrons. The first-order chi connectivity index (χ1) is 13.2. The minimum Gasteiger partial charge on any atom is -0.497 e. The molecule has 3 rings (SSSR count). The van der Waals surface area contributed by atoms with E-state index >= 15 is 0 Å². The Balaban J connectivity index is 1.46. The number of amides is 1. The number of carbonyl (C=O) groups is 1. The van der Waals surface area contributed by atoms with Crippen molar-refractivity contribution < 1.29 is 14.3 Å². The van der Waals surface area contributed by atoms with Crippen LogP contribution in [0.5, 0.6) is 11.5 Å². The molecule has 3 aromatic rings. The van der Waals surface area contributed by atoms with Crippen LogP contribution in [0, 0.1) is 0 Å². The maximum Gasteiger partial charge on any atom is 0.243 e. The predicted molar refractivity (Wildman–Crippen MR) is 107 cm³/mol. The lowest BCUT2D eigenvalue weighted by atomic mass is 10.2. The summed E-state index contributed by atoms with van der Waals surface area (Å²) < 4.78 is 10.9. The summed E-state index contributed by atoms with van der Waals surface area (Å²) in [5.41, 5.74) is 2.67. The van der Waals surface area contributed by atoms with Gasteiger partial charge in [-0.15, -0.1) is 0 Å². The van der Waals surface area contributed by atoms with Crippen LogP contribution >= 0.6 is 0 Å². The molecule has 1 amide bonds. The molecule has 0 aliphatic rings. The molecule has 0 saturated heterocycles. The first-order valence-electron chi connectivity index (χ1n) is 8.67. The monoisotopic (exact) mass is 362 g/mol. The lowest BCUT2D eigenvalue weighted by molar-refractivity contribution is -0.114.